The lowest BCUT2D eigenvalue weighted by molar-refractivity contribution is -0.156. The maximum absolute atomic E-state index is 11.2. The highest BCUT2D eigenvalue weighted by molar-refractivity contribution is 5.72. The van der Waals surface area contributed by atoms with E-state index in [-0.39, 0.29) is 25.4 Å². The van der Waals surface area contributed by atoms with Gasteiger partial charge in [-0.05, 0) is 51.7 Å². The number of terminal acetylenes is 1. The summed E-state index contributed by atoms with van der Waals surface area (Å²) in [5.41, 5.74) is 2.88. The van der Waals surface area contributed by atoms with Crippen molar-refractivity contribution in [3.8, 4) is 23.8 Å². The number of carboxylic acid groups (broad SMARTS) is 1. The molecule has 1 aliphatic carbocycles. The highest BCUT2D eigenvalue weighted by atomic mass is 16.6. The lowest BCUT2D eigenvalue weighted by Gasteiger charge is -2.29. The van der Waals surface area contributed by atoms with E-state index < -0.39 is 12.1 Å². The Labute approximate surface area is 182 Å². The fourth-order valence-electron chi connectivity index (χ4n) is 3.63. The van der Waals surface area contributed by atoms with E-state index in [2.05, 4.69) is 10.9 Å². The molecular weight excluding hydrogens is 398 g/mol. The summed E-state index contributed by atoms with van der Waals surface area (Å²) in [6.45, 7) is 4.20. The molecule has 0 amide bonds. The Morgan fingerprint density at radius 1 is 1.32 bits per heavy atom. The maximum Gasteiger partial charge on any atom is 0.335 e. The van der Waals surface area contributed by atoms with Crippen LogP contribution in [-0.4, -0.2) is 47.6 Å². The summed E-state index contributed by atoms with van der Waals surface area (Å²) in [7, 11) is 0. The van der Waals surface area contributed by atoms with Gasteiger partial charge in [-0.3, -0.25) is 0 Å². The van der Waals surface area contributed by atoms with Crippen LogP contribution in [0.2, 0.25) is 0 Å². The number of carbonyl (C=O) groups is 1. The van der Waals surface area contributed by atoms with Crippen LogP contribution in [0.1, 0.15) is 42.7 Å². The number of aryl methyl sites for hydroxylation is 2. The summed E-state index contributed by atoms with van der Waals surface area (Å²) in [5.74, 6) is 2.54. The average Bonchev–Trinajstić information content (AvgIpc) is 3.13. The summed E-state index contributed by atoms with van der Waals surface area (Å²) >= 11 is 0. The molecule has 7 nitrogen and oxygen atoms in total. The van der Waals surface area contributed by atoms with E-state index in [9.17, 15) is 9.90 Å². The minimum atomic E-state index is -1.08. The number of aromatic nitrogens is 1. The van der Waals surface area contributed by atoms with Crippen molar-refractivity contribution in [1.82, 2.24) is 4.98 Å². The zero-order valence-electron chi connectivity index (χ0n) is 18.0. The van der Waals surface area contributed by atoms with E-state index in [0.717, 1.165) is 41.8 Å². The first kappa shape index (κ1) is 23.0. The van der Waals surface area contributed by atoms with Crippen LogP contribution in [0.5, 0.6) is 0 Å². The first-order valence-corrected chi connectivity index (χ1v) is 10.5. The standard InChI is InChI=1S/C24H29NO6/c1-4-11-28-22(24(26)27)15-30-20-10-6-9-19(13-20)29-14-21-17(3)31-23(25-21)18-8-5-7-16(2)12-18/h1,5,7-8,12,19-20,22H,6,9-11,13-15H2,2-3H3,(H,26,27)/t19-,20+,22?/m0/s1. The van der Waals surface area contributed by atoms with E-state index in [1.54, 1.807) is 0 Å². The van der Waals surface area contributed by atoms with Crippen LogP contribution in [0.25, 0.3) is 11.5 Å². The van der Waals surface area contributed by atoms with Crippen molar-refractivity contribution in [2.24, 2.45) is 0 Å². The Morgan fingerprint density at radius 2 is 2.10 bits per heavy atom. The maximum atomic E-state index is 11.2. The Bertz CT molecular complexity index is 915. The van der Waals surface area contributed by atoms with Crippen LogP contribution in [-0.2, 0) is 25.6 Å². The quantitative estimate of drug-likeness (QED) is 0.575. The summed E-state index contributed by atoms with van der Waals surface area (Å²) in [5, 5.41) is 9.20. The molecule has 1 aromatic heterocycles. The third-order valence-electron chi connectivity index (χ3n) is 5.32. The van der Waals surface area contributed by atoms with Gasteiger partial charge in [0.05, 0.1) is 25.4 Å². The second-order valence-electron chi connectivity index (χ2n) is 7.79. The molecule has 2 aromatic rings. The van der Waals surface area contributed by atoms with E-state index in [4.69, 9.17) is 25.1 Å². The van der Waals surface area contributed by atoms with Crippen molar-refractivity contribution in [2.45, 2.75) is 64.4 Å². The highest BCUT2D eigenvalue weighted by Crippen LogP contribution is 2.27. The molecule has 0 aliphatic heterocycles. The van der Waals surface area contributed by atoms with Gasteiger partial charge in [-0.15, -0.1) is 6.42 Å². The van der Waals surface area contributed by atoms with Gasteiger partial charge in [-0.25, -0.2) is 9.78 Å². The molecule has 0 saturated heterocycles. The van der Waals surface area contributed by atoms with E-state index in [1.807, 2.05) is 38.1 Å². The molecule has 166 valence electrons. The summed E-state index contributed by atoms with van der Waals surface area (Å²) < 4.78 is 22.9. The van der Waals surface area contributed by atoms with Gasteiger partial charge in [0.2, 0.25) is 5.89 Å². The lowest BCUT2D eigenvalue weighted by atomic mass is 9.95. The van der Waals surface area contributed by atoms with E-state index >= 15 is 0 Å². The zero-order chi connectivity index (χ0) is 22.2. The molecule has 1 aliphatic rings. The van der Waals surface area contributed by atoms with E-state index in [1.165, 1.54) is 0 Å². The van der Waals surface area contributed by atoms with Crippen molar-refractivity contribution in [3.63, 3.8) is 0 Å². The second-order valence-corrected chi connectivity index (χ2v) is 7.79. The number of ether oxygens (including phenoxy) is 3. The Balaban J connectivity index is 1.51. The Morgan fingerprint density at radius 3 is 2.81 bits per heavy atom. The van der Waals surface area contributed by atoms with Crippen molar-refractivity contribution in [2.75, 3.05) is 13.2 Å². The van der Waals surface area contributed by atoms with Gasteiger partial charge < -0.3 is 23.7 Å². The number of rotatable bonds is 10. The molecule has 31 heavy (non-hydrogen) atoms. The van der Waals surface area contributed by atoms with Gasteiger partial charge in [0.25, 0.3) is 0 Å². The fourth-order valence-corrected chi connectivity index (χ4v) is 3.63. The summed E-state index contributed by atoms with van der Waals surface area (Å²) in [4.78, 5) is 15.9. The SMILES string of the molecule is C#CCOC(CO[C@@H]1CCC[C@H](OCc2nc(-c3cccc(C)c3)oc2C)C1)C(=O)O. The summed E-state index contributed by atoms with van der Waals surface area (Å²) in [6.07, 6.45) is 7.46. The number of benzene rings is 1. The van der Waals surface area contributed by atoms with Crippen LogP contribution in [0.4, 0.5) is 0 Å². The van der Waals surface area contributed by atoms with Crippen LogP contribution in [0.3, 0.4) is 0 Å². The zero-order valence-corrected chi connectivity index (χ0v) is 18.0. The van der Waals surface area contributed by atoms with Crippen LogP contribution in [0.15, 0.2) is 28.7 Å². The molecule has 0 bridgehead atoms. The first-order chi connectivity index (χ1) is 15.0. The molecule has 1 aromatic carbocycles. The number of hydrogen-bond donors (Lipinski definition) is 1. The van der Waals surface area contributed by atoms with Gasteiger partial charge in [-0.1, -0.05) is 23.6 Å². The molecule has 1 unspecified atom stereocenters. The Kier molecular flexibility index (Phi) is 8.24. The van der Waals surface area contributed by atoms with Crippen molar-refractivity contribution >= 4 is 5.97 Å². The van der Waals surface area contributed by atoms with Crippen molar-refractivity contribution in [1.29, 1.82) is 0 Å². The topological polar surface area (TPSA) is 91.0 Å². The monoisotopic (exact) mass is 427 g/mol. The van der Waals surface area contributed by atoms with Crippen LogP contribution in [0, 0.1) is 26.2 Å². The third kappa shape index (κ3) is 6.66. The molecule has 7 heteroatoms. The lowest BCUT2D eigenvalue weighted by Crippen LogP contribution is -2.34. The molecule has 0 spiro atoms. The number of oxazole rings is 1. The Hall–Kier alpha value is -2.66. The highest BCUT2D eigenvalue weighted by Gasteiger charge is 2.26. The largest absolute Gasteiger partial charge is 0.479 e. The molecule has 3 atom stereocenters. The van der Waals surface area contributed by atoms with Gasteiger partial charge in [-0.2, -0.15) is 0 Å². The minimum absolute atomic E-state index is 0.0205. The molecule has 1 fully saturated rings. The molecule has 1 saturated carbocycles. The van der Waals surface area contributed by atoms with Crippen LogP contribution >= 0.6 is 0 Å². The van der Waals surface area contributed by atoms with Gasteiger partial charge >= 0.3 is 5.97 Å². The van der Waals surface area contributed by atoms with Crippen molar-refractivity contribution in [3.05, 3.63) is 41.3 Å². The number of carboxylic acids is 1. The molecule has 1 heterocycles. The number of nitrogens with zero attached hydrogens (tertiary/aromatic N) is 1. The summed E-state index contributed by atoms with van der Waals surface area (Å²) in [6, 6.07) is 8.03. The predicted molar refractivity (Wildman–Crippen MR) is 114 cm³/mol. The molecule has 1 N–H and O–H groups in total. The van der Waals surface area contributed by atoms with E-state index in [0.29, 0.717) is 18.9 Å². The molecule has 0 radical (unpaired) electrons. The smallest absolute Gasteiger partial charge is 0.335 e. The first-order valence-electron chi connectivity index (χ1n) is 10.5. The van der Waals surface area contributed by atoms with Gasteiger partial charge in [0.15, 0.2) is 6.10 Å². The van der Waals surface area contributed by atoms with Crippen molar-refractivity contribution < 1.29 is 28.5 Å². The number of aliphatic carboxylic acids is 1. The number of hydrogen-bond acceptors (Lipinski definition) is 6. The van der Waals surface area contributed by atoms with Crippen LogP contribution < -0.4 is 0 Å². The normalized spacial score (nSPS) is 19.6. The molecular formula is C24H29NO6. The second kappa shape index (κ2) is 11.1. The third-order valence-corrected chi connectivity index (χ3v) is 5.32. The fraction of sp³-hybridized carbons (Fsp3) is 0.500. The molecule has 3 rings (SSSR count). The van der Waals surface area contributed by atoms with Gasteiger partial charge in [0, 0.05) is 5.56 Å². The van der Waals surface area contributed by atoms with Gasteiger partial charge in [0.1, 0.15) is 18.1 Å². The average molecular weight is 427 g/mol. The minimum Gasteiger partial charge on any atom is -0.479 e. The predicted octanol–water partition coefficient (Wildman–Crippen LogP) is 3.91.